The molecule has 0 spiro atoms. The Morgan fingerprint density at radius 3 is 2.44 bits per heavy atom. The number of hydrogen-bond acceptors (Lipinski definition) is 7. The van der Waals surface area contributed by atoms with Crippen molar-refractivity contribution in [1.82, 2.24) is 19.7 Å². The van der Waals surface area contributed by atoms with E-state index in [0.29, 0.717) is 29.5 Å². The maximum Gasteiger partial charge on any atom is 0.417 e. The smallest absolute Gasteiger partial charge is 0.354 e. The number of nitrogens with zero attached hydrogens (tertiary/aromatic N) is 5. The maximum absolute atomic E-state index is 12.7. The first-order valence-corrected chi connectivity index (χ1v) is 11.3. The second kappa shape index (κ2) is 9.16. The average molecular weight is 481 g/mol. The Hall–Kier alpha value is -2.50. The van der Waals surface area contributed by atoms with Gasteiger partial charge in [0.05, 0.1) is 12.2 Å². The molecule has 32 heavy (non-hydrogen) atoms. The second-order valence-corrected chi connectivity index (χ2v) is 9.37. The molecule has 0 unspecified atom stereocenters. The molecular weight excluding hydrogens is 457 g/mol. The standard InChI is InChI=1S/C21H23F3N6S2/c1-14-3-5-17(11-15(14)2)26-19-27-30(20(31)32-19)13-28-7-9-29(10-8-28)18-6-4-16(12-25-18)21(22,23)24/h3-6,11-12H,7-10,13H2,1-2H3,(H,26,27). The van der Waals surface area contributed by atoms with Crippen LogP contribution in [0.15, 0.2) is 36.5 Å². The van der Waals surface area contributed by atoms with Gasteiger partial charge in [-0.3, -0.25) is 4.90 Å². The van der Waals surface area contributed by atoms with E-state index >= 15 is 0 Å². The van der Waals surface area contributed by atoms with Crippen LogP contribution >= 0.6 is 23.6 Å². The Bertz CT molecular complexity index is 1130. The van der Waals surface area contributed by atoms with Gasteiger partial charge in [-0.2, -0.15) is 13.2 Å². The topological polar surface area (TPSA) is 49.2 Å². The number of aromatic nitrogens is 3. The quantitative estimate of drug-likeness (QED) is 0.505. The van der Waals surface area contributed by atoms with Gasteiger partial charge >= 0.3 is 6.18 Å². The highest BCUT2D eigenvalue weighted by Gasteiger charge is 2.31. The van der Waals surface area contributed by atoms with Crippen molar-refractivity contribution in [1.29, 1.82) is 0 Å². The minimum atomic E-state index is -4.37. The molecule has 3 aromatic rings. The van der Waals surface area contributed by atoms with Crippen molar-refractivity contribution in [2.24, 2.45) is 0 Å². The first-order chi connectivity index (χ1) is 15.2. The lowest BCUT2D eigenvalue weighted by Gasteiger charge is -2.35. The molecule has 0 amide bonds. The molecule has 1 N–H and O–H groups in total. The third kappa shape index (κ3) is 5.28. The van der Waals surface area contributed by atoms with Gasteiger partial charge < -0.3 is 10.2 Å². The van der Waals surface area contributed by atoms with Crippen LogP contribution in [0, 0.1) is 17.8 Å². The molecule has 0 atom stereocenters. The van der Waals surface area contributed by atoms with E-state index in [0.717, 1.165) is 36.2 Å². The predicted octanol–water partition coefficient (Wildman–Crippen LogP) is 5.23. The number of anilines is 3. The molecule has 1 fully saturated rings. The number of alkyl halides is 3. The van der Waals surface area contributed by atoms with Crippen molar-refractivity contribution in [3.05, 3.63) is 57.2 Å². The molecule has 0 saturated carbocycles. The van der Waals surface area contributed by atoms with Crippen LogP contribution in [0.4, 0.5) is 29.8 Å². The van der Waals surface area contributed by atoms with Crippen LogP contribution in [0.2, 0.25) is 0 Å². The Morgan fingerprint density at radius 2 is 1.81 bits per heavy atom. The predicted molar refractivity (Wildman–Crippen MR) is 123 cm³/mol. The van der Waals surface area contributed by atoms with E-state index in [2.05, 4.69) is 46.3 Å². The summed E-state index contributed by atoms with van der Waals surface area (Å²) in [5.74, 6) is 0.558. The van der Waals surface area contributed by atoms with Gasteiger partial charge in [0.15, 0.2) is 3.95 Å². The lowest BCUT2D eigenvalue weighted by molar-refractivity contribution is -0.137. The Kier molecular flexibility index (Phi) is 6.50. The molecule has 170 valence electrons. The van der Waals surface area contributed by atoms with E-state index in [1.807, 2.05) is 11.0 Å². The van der Waals surface area contributed by atoms with Crippen molar-refractivity contribution in [2.75, 3.05) is 36.4 Å². The monoisotopic (exact) mass is 480 g/mol. The minimum absolute atomic E-state index is 0.558. The molecule has 1 aliphatic rings. The molecule has 11 heteroatoms. The number of rotatable bonds is 5. The number of benzene rings is 1. The zero-order chi connectivity index (χ0) is 22.9. The molecule has 0 aliphatic carbocycles. The van der Waals surface area contributed by atoms with Crippen LogP contribution in [0.3, 0.4) is 0 Å². The molecule has 1 aromatic carbocycles. The molecule has 0 bridgehead atoms. The fraction of sp³-hybridized carbons (Fsp3) is 0.381. The summed E-state index contributed by atoms with van der Waals surface area (Å²) in [6, 6.07) is 8.68. The molecule has 0 radical (unpaired) electrons. The second-order valence-electron chi connectivity index (χ2n) is 7.75. The van der Waals surface area contributed by atoms with Crippen molar-refractivity contribution in [2.45, 2.75) is 26.7 Å². The van der Waals surface area contributed by atoms with Crippen molar-refractivity contribution in [3.8, 4) is 0 Å². The number of hydrogen-bond donors (Lipinski definition) is 1. The van der Waals surface area contributed by atoms with Crippen molar-refractivity contribution < 1.29 is 13.2 Å². The molecule has 4 rings (SSSR count). The SMILES string of the molecule is Cc1ccc(Nc2nn(CN3CCN(c4ccc(C(F)(F)F)cn4)CC3)c(=S)s2)cc1C. The van der Waals surface area contributed by atoms with E-state index in [1.165, 1.54) is 28.5 Å². The fourth-order valence-corrected chi connectivity index (χ4v) is 4.45. The number of halogens is 3. The van der Waals surface area contributed by atoms with Crippen molar-refractivity contribution >= 4 is 40.2 Å². The fourth-order valence-electron chi connectivity index (χ4n) is 3.44. The summed E-state index contributed by atoms with van der Waals surface area (Å²) in [6.07, 6.45) is -3.48. The molecule has 2 aromatic heterocycles. The van der Waals surface area contributed by atoms with Crippen LogP contribution in [0.1, 0.15) is 16.7 Å². The van der Waals surface area contributed by atoms with Crippen LogP contribution in [0.5, 0.6) is 0 Å². The molecule has 6 nitrogen and oxygen atoms in total. The van der Waals surface area contributed by atoms with Crippen LogP contribution < -0.4 is 10.2 Å². The zero-order valence-corrected chi connectivity index (χ0v) is 19.3. The first-order valence-electron chi connectivity index (χ1n) is 10.1. The van der Waals surface area contributed by atoms with Crippen molar-refractivity contribution in [3.63, 3.8) is 0 Å². The third-order valence-corrected chi connectivity index (χ3v) is 6.69. The Balaban J connectivity index is 1.34. The maximum atomic E-state index is 12.7. The average Bonchev–Trinajstić information content (AvgIpc) is 3.09. The third-order valence-electron chi connectivity index (χ3n) is 5.47. The largest absolute Gasteiger partial charge is 0.417 e. The first kappa shape index (κ1) is 22.7. The molecule has 1 aliphatic heterocycles. The zero-order valence-electron chi connectivity index (χ0n) is 17.7. The highest BCUT2D eigenvalue weighted by molar-refractivity contribution is 7.73. The van der Waals surface area contributed by atoms with Gasteiger partial charge in [0.1, 0.15) is 5.82 Å². The highest BCUT2D eigenvalue weighted by atomic mass is 32.1. The summed E-state index contributed by atoms with van der Waals surface area (Å²) in [7, 11) is 0. The number of pyridine rings is 1. The van der Waals surface area contributed by atoms with Crippen LogP contribution in [0.25, 0.3) is 0 Å². The highest BCUT2D eigenvalue weighted by Crippen LogP contribution is 2.29. The summed E-state index contributed by atoms with van der Waals surface area (Å²) < 4.78 is 40.7. The van der Waals surface area contributed by atoms with E-state index in [1.54, 1.807) is 4.68 Å². The van der Waals surface area contributed by atoms with Gasteiger partial charge in [-0.15, -0.1) is 5.10 Å². The van der Waals surface area contributed by atoms with Gasteiger partial charge in [0.25, 0.3) is 0 Å². The summed E-state index contributed by atoms with van der Waals surface area (Å²) in [6.45, 7) is 7.53. The Morgan fingerprint density at radius 1 is 1.06 bits per heavy atom. The summed E-state index contributed by atoms with van der Waals surface area (Å²) in [5.41, 5.74) is 2.68. The van der Waals surface area contributed by atoms with E-state index in [4.69, 9.17) is 12.2 Å². The van der Waals surface area contributed by atoms with Crippen LogP contribution in [-0.4, -0.2) is 45.8 Å². The van der Waals surface area contributed by atoms with Gasteiger partial charge in [0.2, 0.25) is 5.13 Å². The summed E-state index contributed by atoms with van der Waals surface area (Å²) >= 11 is 6.91. The van der Waals surface area contributed by atoms with Gasteiger partial charge in [-0.25, -0.2) is 9.67 Å². The summed E-state index contributed by atoms with van der Waals surface area (Å²) in [4.78, 5) is 8.20. The van der Waals surface area contributed by atoms with Gasteiger partial charge in [-0.1, -0.05) is 17.4 Å². The lowest BCUT2D eigenvalue weighted by Crippen LogP contribution is -2.47. The van der Waals surface area contributed by atoms with Gasteiger partial charge in [-0.05, 0) is 61.5 Å². The number of aryl methyl sites for hydroxylation is 2. The molecule has 3 heterocycles. The summed E-state index contributed by atoms with van der Waals surface area (Å²) in [5, 5.41) is 8.67. The normalized spacial score (nSPS) is 15.2. The van der Waals surface area contributed by atoms with Gasteiger partial charge in [0, 0.05) is 38.1 Å². The minimum Gasteiger partial charge on any atom is -0.354 e. The van der Waals surface area contributed by atoms with E-state index in [-0.39, 0.29) is 0 Å². The van der Waals surface area contributed by atoms with E-state index in [9.17, 15) is 13.2 Å². The van der Waals surface area contributed by atoms with Crippen LogP contribution in [-0.2, 0) is 12.8 Å². The number of nitrogens with one attached hydrogen (secondary N) is 1. The lowest BCUT2D eigenvalue weighted by atomic mass is 10.1. The molecule has 1 saturated heterocycles. The van der Waals surface area contributed by atoms with E-state index < -0.39 is 11.7 Å². The number of piperazine rings is 1. The molecular formula is C21H23F3N6S2. The Labute approximate surface area is 193 Å².